The van der Waals surface area contributed by atoms with Crippen LogP contribution in [0.1, 0.15) is 18.4 Å². The van der Waals surface area contributed by atoms with Gasteiger partial charge in [0, 0.05) is 11.5 Å². The fourth-order valence-electron chi connectivity index (χ4n) is 2.03. The van der Waals surface area contributed by atoms with E-state index in [1.807, 2.05) is 31.2 Å². The second-order valence-corrected chi connectivity index (χ2v) is 4.18. The maximum absolute atomic E-state index is 11.2. The maximum atomic E-state index is 11.2. The number of benzene rings is 2. The Hall–Kier alpha value is -2.09. The van der Waals surface area contributed by atoms with E-state index in [1.54, 1.807) is 0 Å². The molecule has 0 radical (unpaired) electrons. The number of amides is 1. The molecule has 0 aromatic heterocycles. The highest BCUT2D eigenvalue weighted by Gasteiger charge is 2.15. The third-order valence-corrected chi connectivity index (χ3v) is 3.13. The molecule has 1 unspecified atom stereocenters. The van der Waals surface area contributed by atoms with Gasteiger partial charge in [0.2, 0.25) is 5.91 Å². The Morgan fingerprint density at radius 2 is 1.82 bits per heavy atom. The Labute approximate surface area is 101 Å². The van der Waals surface area contributed by atoms with Crippen molar-refractivity contribution in [3.05, 3.63) is 60.2 Å². The number of fused-ring (bicyclic) bond motifs is 1. The van der Waals surface area contributed by atoms with Crippen molar-refractivity contribution in [2.45, 2.75) is 12.8 Å². The molecule has 0 bridgehead atoms. The SMILES string of the molecule is C=C(C(N)=O)C(C)c1cccc2ccccc12. The largest absolute Gasteiger partial charge is 0.366 e. The zero-order valence-corrected chi connectivity index (χ0v) is 9.81. The Kier molecular flexibility index (Phi) is 2.96. The van der Waals surface area contributed by atoms with Crippen molar-refractivity contribution in [1.29, 1.82) is 0 Å². The molecule has 2 nitrogen and oxygen atoms in total. The van der Waals surface area contributed by atoms with Crippen LogP contribution in [0.2, 0.25) is 0 Å². The molecular weight excluding hydrogens is 210 g/mol. The number of primary amides is 1. The predicted octanol–water partition coefficient (Wildman–Crippen LogP) is 2.98. The smallest absolute Gasteiger partial charge is 0.244 e. The molecule has 2 N–H and O–H groups in total. The number of hydrogen-bond donors (Lipinski definition) is 1. The fraction of sp³-hybridized carbons (Fsp3) is 0.133. The molecule has 0 spiro atoms. The topological polar surface area (TPSA) is 43.1 Å². The lowest BCUT2D eigenvalue weighted by molar-refractivity contribution is -0.114. The van der Waals surface area contributed by atoms with Crippen molar-refractivity contribution in [2.75, 3.05) is 0 Å². The van der Waals surface area contributed by atoms with Crippen LogP contribution in [-0.2, 0) is 4.79 Å². The molecule has 2 aromatic carbocycles. The van der Waals surface area contributed by atoms with Gasteiger partial charge in [-0.1, -0.05) is 56.0 Å². The van der Waals surface area contributed by atoms with Crippen molar-refractivity contribution in [3.8, 4) is 0 Å². The van der Waals surface area contributed by atoms with E-state index in [1.165, 1.54) is 0 Å². The standard InChI is InChI=1S/C15H15NO/c1-10(11(2)15(16)17)13-9-5-7-12-6-3-4-8-14(12)13/h3-10H,2H2,1H3,(H2,16,17). The summed E-state index contributed by atoms with van der Waals surface area (Å²) in [7, 11) is 0. The minimum atomic E-state index is -0.439. The van der Waals surface area contributed by atoms with Crippen molar-refractivity contribution in [3.63, 3.8) is 0 Å². The van der Waals surface area contributed by atoms with Crippen LogP contribution in [0.15, 0.2) is 54.6 Å². The fourth-order valence-corrected chi connectivity index (χ4v) is 2.03. The maximum Gasteiger partial charge on any atom is 0.244 e. The van der Waals surface area contributed by atoms with Gasteiger partial charge >= 0.3 is 0 Å². The average Bonchev–Trinajstić information content (AvgIpc) is 2.36. The van der Waals surface area contributed by atoms with Gasteiger partial charge in [-0.2, -0.15) is 0 Å². The van der Waals surface area contributed by atoms with Crippen LogP contribution in [0.4, 0.5) is 0 Å². The normalized spacial score (nSPS) is 12.3. The van der Waals surface area contributed by atoms with E-state index in [0.29, 0.717) is 5.57 Å². The Morgan fingerprint density at radius 3 is 2.53 bits per heavy atom. The zero-order valence-electron chi connectivity index (χ0n) is 9.81. The third kappa shape index (κ3) is 2.07. The average molecular weight is 225 g/mol. The molecule has 2 aromatic rings. The first kappa shape index (κ1) is 11.4. The number of nitrogens with two attached hydrogens (primary N) is 1. The minimum Gasteiger partial charge on any atom is -0.366 e. The third-order valence-electron chi connectivity index (χ3n) is 3.13. The Bertz CT molecular complexity index is 581. The molecule has 1 atom stereocenters. The summed E-state index contributed by atoms with van der Waals surface area (Å²) in [5, 5.41) is 2.30. The molecule has 0 aliphatic heterocycles. The van der Waals surface area contributed by atoms with E-state index in [9.17, 15) is 4.79 Å². The van der Waals surface area contributed by atoms with Gasteiger partial charge in [-0.05, 0) is 16.3 Å². The summed E-state index contributed by atoms with van der Waals surface area (Å²) in [6.45, 7) is 5.72. The van der Waals surface area contributed by atoms with Crippen molar-refractivity contribution >= 4 is 16.7 Å². The number of hydrogen-bond acceptors (Lipinski definition) is 1. The van der Waals surface area contributed by atoms with E-state index in [0.717, 1.165) is 16.3 Å². The van der Waals surface area contributed by atoms with Gasteiger partial charge in [0.25, 0.3) is 0 Å². The summed E-state index contributed by atoms with van der Waals surface area (Å²) in [4.78, 5) is 11.2. The lowest BCUT2D eigenvalue weighted by Gasteiger charge is -2.15. The monoisotopic (exact) mass is 225 g/mol. The molecule has 0 aliphatic rings. The molecule has 2 heteroatoms. The van der Waals surface area contributed by atoms with Gasteiger partial charge in [0.05, 0.1) is 0 Å². The van der Waals surface area contributed by atoms with Gasteiger partial charge in [0.1, 0.15) is 0 Å². The number of carbonyl (C=O) groups is 1. The molecule has 0 fully saturated rings. The van der Waals surface area contributed by atoms with Crippen LogP contribution in [0.25, 0.3) is 10.8 Å². The van der Waals surface area contributed by atoms with Crippen molar-refractivity contribution in [1.82, 2.24) is 0 Å². The zero-order chi connectivity index (χ0) is 12.4. The molecule has 0 saturated carbocycles. The second-order valence-electron chi connectivity index (χ2n) is 4.18. The van der Waals surface area contributed by atoms with Crippen LogP contribution in [-0.4, -0.2) is 5.91 Å². The molecule has 0 heterocycles. The molecule has 86 valence electrons. The van der Waals surface area contributed by atoms with Gasteiger partial charge in [-0.3, -0.25) is 4.79 Å². The first-order valence-corrected chi connectivity index (χ1v) is 5.57. The van der Waals surface area contributed by atoms with Crippen molar-refractivity contribution < 1.29 is 4.79 Å². The van der Waals surface area contributed by atoms with Crippen molar-refractivity contribution in [2.24, 2.45) is 5.73 Å². The summed E-state index contributed by atoms with van der Waals surface area (Å²) < 4.78 is 0. The molecule has 0 saturated heterocycles. The van der Waals surface area contributed by atoms with Gasteiger partial charge in [0.15, 0.2) is 0 Å². The first-order valence-electron chi connectivity index (χ1n) is 5.57. The highest BCUT2D eigenvalue weighted by Crippen LogP contribution is 2.29. The van der Waals surface area contributed by atoms with Crippen LogP contribution < -0.4 is 5.73 Å². The van der Waals surface area contributed by atoms with Gasteiger partial charge < -0.3 is 5.73 Å². The molecule has 0 aliphatic carbocycles. The van der Waals surface area contributed by atoms with Gasteiger partial charge in [-0.15, -0.1) is 0 Å². The quantitative estimate of drug-likeness (QED) is 0.802. The molecule has 1 amide bonds. The summed E-state index contributed by atoms with van der Waals surface area (Å²) >= 11 is 0. The summed E-state index contributed by atoms with van der Waals surface area (Å²) in [5.74, 6) is -0.496. The van der Waals surface area contributed by atoms with E-state index in [2.05, 4.69) is 24.8 Å². The number of carbonyl (C=O) groups excluding carboxylic acids is 1. The first-order chi connectivity index (χ1) is 8.11. The van der Waals surface area contributed by atoms with E-state index < -0.39 is 5.91 Å². The number of rotatable bonds is 3. The molecule has 17 heavy (non-hydrogen) atoms. The second kappa shape index (κ2) is 4.42. The van der Waals surface area contributed by atoms with Gasteiger partial charge in [-0.25, -0.2) is 0 Å². The summed E-state index contributed by atoms with van der Waals surface area (Å²) in [6.07, 6.45) is 0. The Balaban J connectivity index is 2.56. The summed E-state index contributed by atoms with van der Waals surface area (Å²) in [6, 6.07) is 14.2. The minimum absolute atomic E-state index is 0.0569. The lowest BCUT2D eigenvalue weighted by atomic mass is 9.89. The van der Waals surface area contributed by atoms with E-state index >= 15 is 0 Å². The molecule has 2 rings (SSSR count). The van der Waals surface area contributed by atoms with Crippen LogP contribution in [0, 0.1) is 0 Å². The highest BCUT2D eigenvalue weighted by atomic mass is 16.1. The highest BCUT2D eigenvalue weighted by molar-refractivity contribution is 5.95. The van der Waals surface area contributed by atoms with E-state index in [4.69, 9.17) is 5.73 Å². The predicted molar refractivity (Wildman–Crippen MR) is 70.7 cm³/mol. The van der Waals surface area contributed by atoms with E-state index in [-0.39, 0.29) is 5.92 Å². The Morgan fingerprint density at radius 1 is 1.18 bits per heavy atom. The van der Waals surface area contributed by atoms with Crippen LogP contribution in [0.5, 0.6) is 0 Å². The van der Waals surface area contributed by atoms with Crippen LogP contribution >= 0.6 is 0 Å². The van der Waals surface area contributed by atoms with Crippen LogP contribution in [0.3, 0.4) is 0 Å². The summed E-state index contributed by atoms with van der Waals surface area (Å²) in [5.41, 5.74) is 6.82. The molecular formula is C15H15NO. The lowest BCUT2D eigenvalue weighted by Crippen LogP contribution is -2.17.